The van der Waals surface area contributed by atoms with Gasteiger partial charge in [0.1, 0.15) is 6.10 Å². The summed E-state index contributed by atoms with van der Waals surface area (Å²) in [5.41, 5.74) is 2.88. The summed E-state index contributed by atoms with van der Waals surface area (Å²) in [6, 6.07) is 10.2. The number of nitrogens with one attached hydrogen (secondary N) is 2. The van der Waals surface area contributed by atoms with E-state index in [-0.39, 0.29) is 0 Å². The molecule has 0 amide bonds. The van der Waals surface area contributed by atoms with Crippen LogP contribution in [0.25, 0.3) is 10.1 Å². The molecule has 1 aromatic carbocycles. The zero-order valence-corrected chi connectivity index (χ0v) is 15.2. The molecule has 0 bridgehead atoms. The summed E-state index contributed by atoms with van der Waals surface area (Å²) >= 11 is 3.24. The number of aliphatic imine (C=N–C) groups is 1. The molecule has 0 spiro atoms. The first-order valence-electron chi connectivity index (χ1n) is 7.67. The van der Waals surface area contributed by atoms with Crippen LogP contribution in [0.3, 0.4) is 0 Å². The molecule has 0 radical (unpaired) electrons. The average Bonchev–Trinajstić information content (AvgIpc) is 3.20. The molecule has 1 atom stereocenters. The number of rotatable bonds is 5. The molecule has 0 saturated heterocycles. The van der Waals surface area contributed by atoms with E-state index >= 15 is 0 Å². The minimum Gasteiger partial charge on any atom is -0.386 e. The fraction of sp³-hybridized carbons (Fsp3) is 0.294. The summed E-state index contributed by atoms with van der Waals surface area (Å²) in [6.07, 6.45) is -0.564. The van der Waals surface area contributed by atoms with Crippen LogP contribution in [0, 0.1) is 6.92 Å². The van der Waals surface area contributed by atoms with E-state index in [1.54, 1.807) is 29.7 Å². The van der Waals surface area contributed by atoms with Crippen LogP contribution in [0.1, 0.15) is 21.6 Å². The molecule has 0 aliphatic rings. The highest BCUT2D eigenvalue weighted by atomic mass is 32.1. The van der Waals surface area contributed by atoms with Crippen LogP contribution in [0.15, 0.2) is 40.8 Å². The van der Waals surface area contributed by atoms with Crippen molar-refractivity contribution >= 4 is 38.7 Å². The van der Waals surface area contributed by atoms with Gasteiger partial charge in [-0.15, -0.1) is 22.7 Å². The van der Waals surface area contributed by atoms with Gasteiger partial charge in [-0.25, -0.2) is 4.98 Å². The Balaban J connectivity index is 1.55. The van der Waals surface area contributed by atoms with Gasteiger partial charge in [0, 0.05) is 28.0 Å². The van der Waals surface area contributed by atoms with Crippen LogP contribution in [0.4, 0.5) is 0 Å². The van der Waals surface area contributed by atoms with Crippen LogP contribution in [-0.4, -0.2) is 29.6 Å². The molecular formula is C17H20N4OS2. The summed E-state index contributed by atoms with van der Waals surface area (Å²) in [5.74, 6) is 0.669. The van der Waals surface area contributed by atoms with Gasteiger partial charge in [0.2, 0.25) is 0 Å². The summed E-state index contributed by atoms with van der Waals surface area (Å²) in [6.45, 7) is 3.08. The normalized spacial score (nSPS) is 13.2. The van der Waals surface area contributed by atoms with E-state index < -0.39 is 6.10 Å². The smallest absolute Gasteiger partial charge is 0.191 e. The average molecular weight is 361 g/mol. The molecule has 3 aromatic rings. The van der Waals surface area contributed by atoms with Gasteiger partial charge in [-0.1, -0.05) is 18.2 Å². The van der Waals surface area contributed by atoms with Crippen molar-refractivity contribution in [2.45, 2.75) is 19.6 Å². The Morgan fingerprint density at radius 2 is 2.17 bits per heavy atom. The number of aromatic nitrogens is 1. The fourth-order valence-corrected chi connectivity index (χ4v) is 4.11. The van der Waals surface area contributed by atoms with Crippen molar-refractivity contribution in [1.29, 1.82) is 0 Å². The largest absolute Gasteiger partial charge is 0.386 e. The predicted octanol–water partition coefficient (Wildman–Crippen LogP) is 3.06. The van der Waals surface area contributed by atoms with E-state index in [9.17, 15) is 5.11 Å². The Hall–Kier alpha value is -1.96. The highest BCUT2D eigenvalue weighted by Gasteiger charge is 2.12. The van der Waals surface area contributed by atoms with Crippen LogP contribution in [-0.2, 0) is 6.54 Å². The van der Waals surface area contributed by atoms with Crippen molar-refractivity contribution in [3.63, 3.8) is 0 Å². The summed E-state index contributed by atoms with van der Waals surface area (Å²) in [7, 11) is 1.72. The van der Waals surface area contributed by atoms with Gasteiger partial charge < -0.3 is 15.7 Å². The van der Waals surface area contributed by atoms with Gasteiger partial charge in [0.15, 0.2) is 5.96 Å². The lowest BCUT2D eigenvalue weighted by Crippen LogP contribution is -2.38. The number of fused-ring (bicyclic) bond motifs is 1. The van der Waals surface area contributed by atoms with E-state index in [0.29, 0.717) is 19.0 Å². The van der Waals surface area contributed by atoms with Crippen molar-refractivity contribution < 1.29 is 5.11 Å². The lowest BCUT2D eigenvalue weighted by molar-refractivity contribution is 0.184. The highest BCUT2D eigenvalue weighted by molar-refractivity contribution is 7.19. The second kappa shape index (κ2) is 7.74. The minimum atomic E-state index is -0.564. The zero-order valence-electron chi connectivity index (χ0n) is 13.6. The monoisotopic (exact) mass is 360 g/mol. The Morgan fingerprint density at radius 3 is 2.88 bits per heavy atom. The van der Waals surface area contributed by atoms with Crippen molar-refractivity contribution in [3.8, 4) is 0 Å². The molecule has 24 heavy (non-hydrogen) atoms. The lowest BCUT2D eigenvalue weighted by Gasteiger charge is -2.14. The molecule has 0 fully saturated rings. The summed E-state index contributed by atoms with van der Waals surface area (Å²) in [5, 5.41) is 18.0. The number of guanidine groups is 1. The third-order valence-corrected chi connectivity index (χ3v) is 5.87. The van der Waals surface area contributed by atoms with E-state index in [1.807, 2.05) is 30.6 Å². The van der Waals surface area contributed by atoms with Crippen molar-refractivity contribution in [1.82, 2.24) is 15.6 Å². The standard InChI is InChI=1S/C17H20N4OS2/c1-11-16(23-10-21-11)9-20-17(18-2)19-8-13(22)15-7-12-5-3-4-6-14(12)24-15/h3-7,10,13,22H,8-9H2,1-2H3,(H2,18,19,20). The molecule has 3 rings (SSSR count). The SMILES string of the molecule is CN=C(NCc1scnc1C)NCC(O)c1cc2ccccc2s1. The first-order valence-corrected chi connectivity index (χ1v) is 9.37. The lowest BCUT2D eigenvalue weighted by atomic mass is 10.2. The van der Waals surface area contributed by atoms with Gasteiger partial charge in [-0.2, -0.15) is 0 Å². The van der Waals surface area contributed by atoms with E-state index in [1.165, 1.54) is 15.0 Å². The van der Waals surface area contributed by atoms with Crippen LogP contribution in [0.5, 0.6) is 0 Å². The van der Waals surface area contributed by atoms with Crippen LogP contribution < -0.4 is 10.6 Å². The van der Waals surface area contributed by atoms with Crippen molar-refractivity contribution in [2.75, 3.05) is 13.6 Å². The molecule has 2 heterocycles. The van der Waals surface area contributed by atoms with E-state index in [0.717, 1.165) is 10.6 Å². The summed E-state index contributed by atoms with van der Waals surface area (Å²) in [4.78, 5) is 10.6. The second-order valence-corrected chi connectivity index (χ2v) is 7.42. The van der Waals surface area contributed by atoms with Gasteiger partial charge >= 0.3 is 0 Å². The Kier molecular flexibility index (Phi) is 5.44. The van der Waals surface area contributed by atoms with Gasteiger partial charge in [0.25, 0.3) is 0 Å². The van der Waals surface area contributed by atoms with Crippen LogP contribution in [0.2, 0.25) is 0 Å². The van der Waals surface area contributed by atoms with E-state index in [4.69, 9.17) is 0 Å². The highest BCUT2D eigenvalue weighted by Crippen LogP contribution is 2.29. The molecule has 0 aliphatic carbocycles. The maximum Gasteiger partial charge on any atom is 0.191 e. The van der Waals surface area contributed by atoms with Crippen LogP contribution >= 0.6 is 22.7 Å². The topological polar surface area (TPSA) is 69.5 Å². The Bertz CT molecular complexity index is 807. The molecule has 126 valence electrons. The third-order valence-electron chi connectivity index (χ3n) is 3.72. The molecule has 0 aliphatic heterocycles. The number of hydrogen-bond donors (Lipinski definition) is 3. The summed E-state index contributed by atoms with van der Waals surface area (Å²) < 4.78 is 1.19. The molecule has 5 nitrogen and oxygen atoms in total. The van der Waals surface area contributed by atoms with Gasteiger partial charge in [0.05, 0.1) is 17.7 Å². The number of thiazole rings is 1. The number of benzene rings is 1. The molecule has 7 heteroatoms. The zero-order chi connectivity index (χ0) is 16.9. The molecule has 0 saturated carbocycles. The van der Waals surface area contributed by atoms with Crippen molar-refractivity contribution in [3.05, 3.63) is 51.3 Å². The first-order chi connectivity index (χ1) is 11.7. The number of aliphatic hydroxyl groups excluding tert-OH is 1. The van der Waals surface area contributed by atoms with E-state index in [2.05, 4.69) is 32.7 Å². The molecule has 2 aromatic heterocycles. The van der Waals surface area contributed by atoms with Gasteiger partial charge in [-0.3, -0.25) is 4.99 Å². The number of thiophene rings is 1. The molecule has 1 unspecified atom stereocenters. The number of aryl methyl sites for hydroxylation is 1. The fourth-order valence-electron chi connectivity index (χ4n) is 2.34. The number of aliphatic hydroxyl groups is 1. The Labute approximate surface area is 149 Å². The number of nitrogens with zero attached hydrogens (tertiary/aromatic N) is 2. The first kappa shape index (κ1) is 16.9. The maximum atomic E-state index is 10.4. The second-order valence-electron chi connectivity index (χ2n) is 5.37. The Morgan fingerprint density at radius 1 is 1.33 bits per heavy atom. The van der Waals surface area contributed by atoms with Gasteiger partial charge in [-0.05, 0) is 24.4 Å². The number of hydrogen-bond acceptors (Lipinski definition) is 5. The third kappa shape index (κ3) is 3.92. The quantitative estimate of drug-likeness (QED) is 0.483. The van der Waals surface area contributed by atoms with Crippen molar-refractivity contribution in [2.24, 2.45) is 4.99 Å². The molecular weight excluding hydrogens is 340 g/mol. The minimum absolute atomic E-state index is 0.411. The molecule has 3 N–H and O–H groups in total. The maximum absolute atomic E-state index is 10.4. The predicted molar refractivity (Wildman–Crippen MR) is 102 cm³/mol.